The largest absolute Gasteiger partial charge is 0.573 e. The van der Waals surface area contributed by atoms with Crippen LogP contribution in [0.4, 0.5) is 13.2 Å². The van der Waals surface area contributed by atoms with Crippen LogP contribution in [0.5, 0.6) is 5.75 Å². The lowest BCUT2D eigenvalue weighted by Gasteiger charge is -2.09. The molecule has 0 spiro atoms. The van der Waals surface area contributed by atoms with Crippen molar-refractivity contribution in [3.05, 3.63) is 29.8 Å². The summed E-state index contributed by atoms with van der Waals surface area (Å²) in [6.45, 7) is 2.81. The first-order chi connectivity index (χ1) is 9.33. The third-order valence-electron chi connectivity index (χ3n) is 3.36. The Balaban J connectivity index is 1.79. The van der Waals surface area contributed by atoms with Crippen LogP contribution in [0.25, 0.3) is 0 Å². The molecule has 1 aromatic carbocycles. The number of amides is 1. The molecule has 0 unspecified atom stereocenters. The van der Waals surface area contributed by atoms with Crippen LogP contribution in [-0.4, -0.2) is 18.8 Å². The van der Waals surface area contributed by atoms with Crippen LogP contribution in [0.1, 0.15) is 18.9 Å². The first-order valence-electron chi connectivity index (χ1n) is 6.45. The molecule has 3 nitrogen and oxygen atoms in total. The number of hydrogen-bond donors (Lipinski definition) is 1. The second-order valence-corrected chi connectivity index (χ2v) is 5.15. The number of hydrogen-bond acceptors (Lipinski definition) is 2. The molecule has 0 heterocycles. The molecule has 20 heavy (non-hydrogen) atoms. The Morgan fingerprint density at radius 2 is 1.95 bits per heavy atom. The zero-order chi connectivity index (χ0) is 14.8. The molecule has 2 atom stereocenters. The predicted molar refractivity (Wildman–Crippen MR) is 67.1 cm³/mol. The molecule has 6 heteroatoms. The van der Waals surface area contributed by atoms with Crippen molar-refractivity contribution < 1.29 is 22.7 Å². The van der Waals surface area contributed by atoms with Crippen LogP contribution in [-0.2, 0) is 11.2 Å². The normalized spacial score (nSPS) is 21.4. The Morgan fingerprint density at radius 3 is 2.45 bits per heavy atom. The standard InChI is InChI=1S/C14H16F3NO2/c1-9-6-11(9)8-18-13(19)7-10-2-4-12(5-3-10)20-14(15,16)17/h2-5,9,11H,6-8H2,1H3,(H,18,19)/t9-,11+/m1/s1. The lowest BCUT2D eigenvalue weighted by molar-refractivity contribution is -0.274. The molecule has 1 amide bonds. The van der Waals surface area contributed by atoms with Crippen molar-refractivity contribution in [2.24, 2.45) is 11.8 Å². The van der Waals surface area contributed by atoms with Crippen molar-refractivity contribution in [3.63, 3.8) is 0 Å². The Hall–Kier alpha value is -1.72. The van der Waals surface area contributed by atoms with Gasteiger partial charge in [0.1, 0.15) is 5.75 Å². The molecule has 1 aliphatic carbocycles. The zero-order valence-corrected chi connectivity index (χ0v) is 11.0. The summed E-state index contributed by atoms with van der Waals surface area (Å²) < 4.78 is 39.7. The Labute approximate surface area is 115 Å². The average Bonchev–Trinajstić information content (AvgIpc) is 3.04. The molecule has 0 bridgehead atoms. The number of rotatable bonds is 5. The number of carbonyl (C=O) groups is 1. The van der Waals surface area contributed by atoms with Gasteiger partial charge in [-0.15, -0.1) is 13.2 Å². The average molecular weight is 287 g/mol. The van der Waals surface area contributed by atoms with Gasteiger partial charge in [0.25, 0.3) is 0 Å². The van der Waals surface area contributed by atoms with Gasteiger partial charge in [-0.25, -0.2) is 0 Å². The van der Waals surface area contributed by atoms with Crippen molar-refractivity contribution in [1.29, 1.82) is 0 Å². The lowest BCUT2D eigenvalue weighted by Crippen LogP contribution is -2.27. The SMILES string of the molecule is C[C@@H]1C[C@H]1CNC(=O)Cc1ccc(OC(F)(F)F)cc1. The number of ether oxygens (including phenoxy) is 1. The summed E-state index contributed by atoms with van der Waals surface area (Å²) >= 11 is 0. The second kappa shape index (κ2) is 5.73. The molecule has 110 valence electrons. The smallest absolute Gasteiger partial charge is 0.406 e. The highest BCUT2D eigenvalue weighted by atomic mass is 19.4. The van der Waals surface area contributed by atoms with E-state index in [4.69, 9.17) is 0 Å². The molecule has 0 aliphatic heterocycles. The zero-order valence-electron chi connectivity index (χ0n) is 11.0. The highest BCUT2D eigenvalue weighted by Gasteiger charge is 2.32. The summed E-state index contributed by atoms with van der Waals surface area (Å²) in [6.07, 6.45) is -3.39. The van der Waals surface area contributed by atoms with Gasteiger partial charge in [-0.3, -0.25) is 4.79 Å². The van der Waals surface area contributed by atoms with E-state index in [0.717, 1.165) is 6.42 Å². The molecule has 0 saturated heterocycles. The van der Waals surface area contributed by atoms with Crippen molar-refractivity contribution in [2.75, 3.05) is 6.54 Å². The molecule has 2 rings (SSSR count). The highest BCUT2D eigenvalue weighted by Crippen LogP contribution is 2.36. The highest BCUT2D eigenvalue weighted by molar-refractivity contribution is 5.78. The van der Waals surface area contributed by atoms with Crippen molar-refractivity contribution in [2.45, 2.75) is 26.1 Å². The predicted octanol–water partition coefficient (Wildman–Crippen LogP) is 2.90. The monoisotopic (exact) mass is 287 g/mol. The van der Waals surface area contributed by atoms with Crippen LogP contribution >= 0.6 is 0 Å². The molecule has 1 aromatic rings. The maximum Gasteiger partial charge on any atom is 0.573 e. The van der Waals surface area contributed by atoms with Gasteiger partial charge in [-0.05, 0) is 36.0 Å². The van der Waals surface area contributed by atoms with Gasteiger partial charge in [0.2, 0.25) is 5.91 Å². The fourth-order valence-corrected chi connectivity index (χ4v) is 1.99. The van der Waals surface area contributed by atoms with Gasteiger partial charge in [-0.1, -0.05) is 19.1 Å². The van der Waals surface area contributed by atoms with Gasteiger partial charge in [-0.2, -0.15) is 0 Å². The second-order valence-electron chi connectivity index (χ2n) is 5.15. The Morgan fingerprint density at radius 1 is 1.35 bits per heavy atom. The fourth-order valence-electron chi connectivity index (χ4n) is 1.99. The van der Waals surface area contributed by atoms with E-state index < -0.39 is 6.36 Å². The number of benzene rings is 1. The van der Waals surface area contributed by atoms with Gasteiger partial charge in [0, 0.05) is 6.54 Å². The molecular formula is C14H16F3NO2. The Kier molecular flexibility index (Phi) is 4.20. The van der Waals surface area contributed by atoms with E-state index in [9.17, 15) is 18.0 Å². The van der Waals surface area contributed by atoms with E-state index >= 15 is 0 Å². The minimum Gasteiger partial charge on any atom is -0.406 e. The van der Waals surface area contributed by atoms with E-state index in [1.54, 1.807) is 0 Å². The summed E-state index contributed by atoms with van der Waals surface area (Å²) in [5.41, 5.74) is 0.654. The van der Waals surface area contributed by atoms with Crippen LogP contribution in [0, 0.1) is 11.8 Å². The summed E-state index contributed by atoms with van der Waals surface area (Å²) in [5, 5.41) is 2.83. The number of alkyl halides is 3. The Bertz CT molecular complexity index is 470. The van der Waals surface area contributed by atoms with Gasteiger partial charge in [0.15, 0.2) is 0 Å². The number of carbonyl (C=O) groups excluding carboxylic acids is 1. The molecular weight excluding hydrogens is 271 g/mol. The van der Waals surface area contributed by atoms with Crippen molar-refractivity contribution in [3.8, 4) is 5.75 Å². The summed E-state index contributed by atoms with van der Waals surface area (Å²) in [6, 6.07) is 5.33. The molecule has 1 fully saturated rings. The minimum absolute atomic E-state index is 0.117. The number of nitrogens with one attached hydrogen (secondary N) is 1. The van der Waals surface area contributed by atoms with Gasteiger partial charge < -0.3 is 10.1 Å². The minimum atomic E-state index is -4.69. The quantitative estimate of drug-likeness (QED) is 0.904. The summed E-state index contributed by atoms with van der Waals surface area (Å²) in [4.78, 5) is 11.6. The molecule has 0 radical (unpaired) electrons. The summed E-state index contributed by atoms with van der Waals surface area (Å²) in [5.74, 6) is 0.845. The summed E-state index contributed by atoms with van der Waals surface area (Å²) in [7, 11) is 0. The molecule has 1 N–H and O–H groups in total. The van der Waals surface area contributed by atoms with E-state index in [1.807, 2.05) is 0 Å². The molecule has 1 saturated carbocycles. The first kappa shape index (κ1) is 14.7. The topological polar surface area (TPSA) is 38.3 Å². The maximum atomic E-state index is 12.0. The number of halogens is 3. The van der Waals surface area contributed by atoms with Crippen molar-refractivity contribution >= 4 is 5.91 Å². The van der Waals surface area contributed by atoms with Crippen LogP contribution in [0.3, 0.4) is 0 Å². The first-order valence-corrected chi connectivity index (χ1v) is 6.45. The molecule has 0 aromatic heterocycles. The van der Waals surface area contributed by atoms with Gasteiger partial charge in [0.05, 0.1) is 6.42 Å². The molecule has 1 aliphatic rings. The lowest BCUT2D eigenvalue weighted by atomic mass is 10.1. The fraction of sp³-hybridized carbons (Fsp3) is 0.500. The third-order valence-corrected chi connectivity index (χ3v) is 3.36. The maximum absolute atomic E-state index is 12.0. The third kappa shape index (κ3) is 4.75. The van der Waals surface area contributed by atoms with Crippen molar-refractivity contribution in [1.82, 2.24) is 5.32 Å². The van der Waals surface area contributed by atoms with E-state index in [2.05, 4.69) is 17.0 Å². The van der Waals surface area contributed by atoms with Gasteiger partial charge >= 0.3 is 6.36 Å². The van der Waals surface area contributed by atoms with E-state index in [-0.39, 0.29) is 18.1 Å². The van der Waals surface area contributed by atoms with E-state index in [0.29, 0.717) is 23.9 Å². The van der Waals surface area contributed by atoms with Crippen LogP contribution < -0.4 is 10.1 Å². The van der Waals surface area contributed by atoms with E-state index in [1.165, 1.54) is 24.3 Å². The van der Waals surface area contributed by atoms with Crippen LogP contribution in [0.15, 0.2) is 24.3 Å². The van der Waals surface area contributed by atoms with Crippen LogP contribution in [0.2, 0.25) is 0 Å².